The van der Waals surface area contributed by atoms with Gasteiger partial charge in [0.25, 0.3) is 0 Å². The van der Waals surface area contributed by atoms with Gasteiger partial charge < -0.3 is 9.47 Å². The predicted molar refractivity (Wildman–Crippen MR) is 81.9 cm³/mol. The Morgan fingerprint density at radius 3 is 2.25 bits per heavy atom. The van der Waals surface area contributed by atoms with Gasteiger partial charge in [0.05, 0.1) is 26.1 Å². The second-order valence-corrected chi connectivity index (χ2v) is 4.33. The van der Waals surface area contributed by atoms with Gasteiger partial charge in [0.1, 0.15) is 11.5 Å². The van der Waals surface area contributed by atoms with E-state index in [4.69, 9.17) is 9.47 Å². The first-order valence-electron chi connectivity index (χ1n) is 6.30. The Morgan fingerprint density at radius 2 is 1.65 bits per heavy atom. The Kier molecular flexibility index (Phi) is 4.60. The molecule has 0 aliphatic carbocycles. The minimum atomic E-state index is 0.738. The summed E-state index contributed by atoms with van der Waals surface area (Å²) in [5.41, 5.74) is 6.06. The highest BCUT2D eigenvalue weighted by atomic mass is 16.5. The number of hydrogen-bond donors (Lipinski definition) is 1. The van der Waals surface area contributed by atoms with E-state index in [9.17, 15) is 0 Å². The largest absolute Gasteiger partial charge is 0.497 e. The molecule has 2 aromatic carbocycles. The summed E-state index contributed by atoms with van der Waals surface area (Å²) >= 11 is 0. The first-order chi connectivity index (χ1) is 9.72. The van der Waals surface area contributed by atoms with Crippen molar-refractivity contribution in [3.8, 4) is 11.5 Å². The maximum atomic E-state index is 5.22. The summed E-state index contributed by atoms with van der Waals surface area (Å²) in [5.74, 6) is 1.48. The number of ether oxygens (including phenoxy) is 2. The first-order valence-corrected chi connectivity index (χ1v) is 6.30. The molecule has 0 saturated carbocycles. The van der Waals surface area contributed by atoms with Gasteiger partial charge in [-0.15, -0.1) is 0 Å². The highest BCUT2D eigenvalue weighted by Gasteiger charge is 2.00. The van der Waals surface area contributed by atoms with Crippen molar-refractivity contribution in [2.45, 2.75) is 6.92 Å². The third-order valence-corrected chi connectivity index (χ3v) is 2.92. The second kappa shape index (κ2) is 6.61. The average Bonchev–Trinajstić information content (AvgIpc) is 2.48. The van der Waals surface area contributed by atoms with Crippen LogP contribution in [0.25, 0.3) is 0 Å². The highest BCUT2D eigenvalue weighted by molar-refractivity contribution is 5.81. The van der Waals surface area contributed by atoms with E-state index >= 15 is 0 Å². The number of hydrogen-bond acceptors (Lipinski definition) is 4. The lowest BCUT2D eigenvalue weighted by molar-refractivity contribution is 0.394. The van der Waals surface area contributed by atoms with Crippen LogP contribution in [0.4, 0.5) is 5.69 Å². The third-order valence-electron chi connectivity index (χ3n) is 2.92. The molecule has 0 fully saturated rings. The molecule has 0 unspecified atom stereocenters. The molecule has 0 saturated heterocycles. The summed E-state index contributed by atoms with van der Waals surface area (Å²) < 4.78 is 10.4. The van der Waals surface area contributed by atoms with Gasteiger partial charge in [-0.05, 0) is 30.7 Å². The van der Waals surface area contributed by atoms with Crippen LogP contribution in [0.2, 0.25) is 0 Å². The van der Waals surface area contributed by atoms with Crippen molar-refractivity contribution in [1.82, 2.24) is 0 Å². The van der Waals surface area contributed by atoms with Crippen LogP contribution in [0.3, 0.4) is 0 Å². The molecule has 0 aliphatic rings. The van der Waals surface area contributed by atoms with Crippen molar-refractivity contribution in [2.24, 2.45) is 5.10 Å². The van der Waals surface area contributed by atoms with E-state index in [1.165, 1.54) is 0 Å². The van der Waals surface area contributed by atoms with Crippen molar-refractivity contribution in [2.75, 3.05) is 19.6 Å². The van der Waals surface area contributed by atoms with Crippen LogP contribution in [0.5, 0.6) is 11.5 Å². The number of methoxy groups -OCH3 is 2. The van der Waals surface area contributed by atoms with Gasteiger partial charge in [0.2, 0.25) is 0 Å². The SMILES string of the molecule is COc1cc(/C=N/Nc2ccccc2C)cc(OC)c1. The zero-order valence-corrected chi connectivity index (χ0v) is 11.9. The van der Waals surface area contributed by atoms with Crippen LogP contribution in [0, 0.1) is 6.92 Å². The lowest BCUT2D eigenvalue weighted by atomic mass is 10.2. The van der Waals surface area contributed by atoms with Crippen molar-refractivity contribution in [1.29, 1.82) is 0 Å². The lowest BCUT2D eigenvalue weighted by Crippen LogP contribution is -1.94. The molecule has 0 bridgehead atoms. The molecule has 1 N–H and O–H groups in total. The van der Waals surface area contributed by atoms with Crippen molar-refractivity contribution in [3.63, 3.8) is 0 Å². The fourth-order valence-corrected chi connectivity index (χ4v) is 1.78. The smallest absolute Gasteiger partial charge is 0.123 e. The van der Waals surface area contributed by atoms with Crippen molar-refractivity contribution in [3.05, 3.63) is 53.6 Å². The normalized spacial score (nSPS) is 10.6. The molecule has 104 valence electrons. The number of anilines is 1. The summed E-state index contributed by atoms with van der Waals surface area (Å²) in [5, 5.41) is 4.24. The van der Waals surface area contributed by atoms with E-state index < -0.39 is 0 Å². The molecule has 2 rings (SSSR count). The Morgan fingerprint density at radius 1 is 1.00 bits per heavy atom. The molecular weight excluding hydrogens is 252 g/mol. The molecule has 0 aromatic heterocycles. The van der Waals surface area contributed by atoms with E-state index in [0.29, 0.717) is 0 Å². The van der Waals surface area contributed by atoms with Gasteiger partial charge >= 0.3 is 0 Å². The van der Waals surface area contributed by atoms with Gasteiger partial charge in [-0.1, -0.05) is 18.2 Å². The Bertz CT molecular complexity index is 587. The molecule has 2 aromatic rings. The summed E-state index contributed by atoms with van der Waals surface area (Å²) in [4.78, 5) is 0. The number of nitrogens with one attached hydrogen (secondary N) is 1. The van der Waals surface area contributed by atoms with Gasteiger partial charge in [0.15, 0.2) is 0 Å². The topological polar surface area (TPSA) is 42.8 Å². The molecule has 0 spiro atoms. The second-order valence-electron chi connectivity index (χ2n) is 4.33. The number of nitrogens with zero attached hydrogens (tertiary/aromatic N) is 1. The molecule has 4 nitrogen and oxygen atoms in total. The molecule has 0 heterocycles. The van der Waals surface area contributed by atoms with Crippen LogP contribution in [-0.4, -0.2) is 20.4 Å². The standard InChI is InChI=1S/C16H18N2O2/c1-12-6-4-5-7-16(12)18-17-11-13-8-14(19-2)10-15(9-13)20-3/h4-11,18H,1-3H3/b17-11+. The number of aryl methyl sites for hydroxylation is 1. The maximum Gasteiger partial charge on any atom is 0.123 e. The van der Waals surface area contributed by atoms with Gasteiger partial charge in [-0.2, -0.15) is 5.10 Å². The molecule has 20 heavy (non-hydrogen) atoms. The number of rotatable bonds is 5. The third kappa shape index (κ3) is 3.51. The van der Waals surface area contributed by atoms with Crippen LogP contribution >= 0.6 is 0 Å². The number of para-hydroxylation sites is 1. The van der Waals surface area contributed by atoms with E-state index in [-0.39, 0.29) is 0 Å². The van der Waals surface area contributed by atoms with Gasteiger partial charge in [-0.25, -0.2) is 0 Å². The zero-order valence-electron chi connectivity index (χ0n) is 11.9. The van der Waals surface area contributed by atoms with E-state index in [1.54, 1.807) is 20.4 Å². The Hall–Kier alpha value is -2.49. The van der Waals surface area contributed by atoms with E-state index in [1.807, 2.05) is 49.4 Å². The maximum absolute atomic E-state index is 5.22. The summed E-state index contributed by atoms with van der Waals surface area (Å²) in [6.45, 7) is 2.03. The molecular formula is C16H18N2O2. The monoisotopic (exact) mass is 270 g/mol. The predicted octanol–water partition coefficient (Wildman–Crippen LogP) is 3.46. The van der Waals surface area contributed by atoms with Crippen LogP contribution in [0.15, 0.2) is 47.6 Å². The Labute approximate surface area is 119 Å². The molecule has 4 heteroatoms. The first kappa shape index (κ1) is 13.9. The summed E-state index contributed by atoms with van der Waals surface area (Å²) in [7, 11) is 3.25. The molecule has 0 amide bonds. The summed E-state index contributed by atoms with van der Waals surface area (Å²) in [6.07, 6.45) is 1.73. The van der Waals surface area contributed by atoms with E-state index in [0.717, 1.165) is 28.3 Å². The fraction of sp³-hybridized carbons (Fsp3) is 0.188. The van der Waals surface area contributed by atoms with Crippen LogP contribution in [-0.2, 0) is 0 Å². The van der Waals surface area contributed by atoms with Crippen molar-refractivity contribution >= 4 is 11.9 Å². The van der Waals surface area contributed by atoms with Crippen molar-refractivity contribution < 1.29 is 9.47 Å². The molecule has 0 radical (unpaired) electrons. The number of hydrazone groups is 1. The number of benzene rings is 2. The minimum absolute atomic E-state index is 0.738. The average molecular weight is 270 g/mol. The summed E-state index contributed by atoms with van der Waals surface area (Å²) in [6, 6.07) is 13.6. The lowest BCUT2D eigenvalue weighted by Gasteiger charge is -2.06. The van der Waals surface area contributed by atoms with Gasteiger partial charge in [-0.3, -0.25) is 5.43 Å². The van der Waals surface area contributed by atoms with Crippen LogP contribution < -0.4 is 14.9 Å². The van der Waals surface area contributed by atoms with Crippen LogP contribution in [0.1, 0.15) is 11.1 Å². The molecule has 0 aliphatic heterocycles. The highest BCUT2D eigenvalue weighted by Crippen LogP contribution is 2.21. The van der Waals surface area contributed by atoms with Gasteiger partial charge in [0, 0.05) is 11.6 Å². The zero-order chi connectivity index (χ0) is 14.4. The van der Waals surface area contributed by atoms with E-state index in [2.05, 4.69) is 10.5 Å². The fourth-order valence-electron chi connectivity index (χ4n) is 1.78. The quantitative estimate of drug-likeness (QED) is 0.668. The minimum Gasteiger partial charge on any atom is -0.497 e. The molecule has 0 atom stereocenters. The Balaban J connectivity index is 2.13.